The molecule has 3 N–H and O–H groups in total. The molecular formula is C12H11N3O3. The van der Waals surface area contributed by atoms with Gasteiger partial charge in [-0.1, -0.05) is 12.1 Å². The summed E-state index contributed by atoms with van der Waals surface area (Å²) in [6.07, 6.45) is 1.43. The van der Waals surface area contributed by atoms with E-state index in [0.717, 1.165) is 5.56 Å². The van der Waals surface area contributed by atoms with Crippen molar-refractivity contribution in [2.75, 3.05) is 0 Å². The van der Waals surface area contributed by atoms with Crippen LogP contribution in [-0.2, 0) is 6.54 Å². The summed E-state index contributed by atoms with van der Waals surface area (Å²) in [6.45, 7) is 0.327. The summed E-state index contributed by atoms with van der Waals surface area (Å²) < 4.78 is 1.38. The predicted molar refractivity (Wildman–Crippen MR) is 63.2 cm³/mol. The van der Waals surface area contributed by atoms with Crippen LogP contribution in [0.15, 0.2) is 36.5 Å². The standard InChI is InChI=1S/C12H11N3O3/c13-11(16)9-3-1-8(2-4-9)7-15-10(12(17)18)5-6-14-15/h1-6H,7H2,(H2,13,16)(H,17,18). The highest BCUT2D eigenvalue weighted by Crippen LogP contribution is 2.08. The van der Waals surface area contributed by atoms with Crippen molar-refractivity contribution in [3.05, 3.63) is 53.3 Å². The van der Waals surface area contributed by atoms with Gasteiger partial charge in [0.05, 0.1) is 6.54 Å². The van der Waals surface area contributed by atoms with Crippen molar-refractivity contribution in [1.82, 2.24) is 9.78 Å². The van der Waals surface area contributed by atoms with Crippen molar-refractivity contribution in [2.45, 2.75) is 6.54 Å². The highest BCUT2D eigenvalue weighted by atomic mass is 16.4. The van der Waals surface area contributed by atoms with Crippen LogP contribution in [-0.4, -0.2) is 26.8 Å². The third kappa shape index (κ3) is 2.37. The molecule has 1 amide bonds. The van der Waals surface area contributed by atoms with Gasteiger partial charge in [-0.05, 0) is 23.8 Å². The van der Waals surface area contributed by atoms with Gasteiger partial charge in [0, 0.05) is 11.8 Å². The number of aromatic nitrogens is 2. The van der Waals surface area contributed by atoms with E-state index in [2.05, 4.69) is 5.10 Å². The number of nitrogens with two attached hydrogens (primary N) is 1. The van der Waals surface area contributed by atoms with Gasteiger partial charge in [0.25, 0.3) is 0 Å². The molecule has 0 bridgehead atoms. The topological polar surface area (TPSA) is 98.2 Å². The Morgan fingerprint density at radius 2 is 1.89 bits per heavy atom. The minimum absolute atomic E-state index is 0.119. The Morgan fingerprint density at radius 1 is 1.22 bits per heavy atom. The van der Waals surface area contributed by atoms with Gasteiger partial charge in [-0.15, -0.1) is 0 Å². The van der Waals surface area contributed by atoms with E-state index in [0.29, 0.717) is 12.1 Å². The fraction of sp³-hybridized carbons (Fsp3) is 0.0833. The Bertz CT molecular complexity index is 587. The second-order valence-electron chi connectivity index (χ2n) is 3.74. The van der Waals surface area contributed by atoms with Crippen LogP contribution in [0.4, 0.5) is 0 Å². The van der Waals surface area contributed by atoms with Gasteiger partial charge in [0.15, 0.2) is 0 Å². The monoisotopic (exact) mass is 245 g/mol. The number of aromatic carboxylic acids is 1. The zero-order valence-corrected chi connectivity index (χ0v) is 9.41. The Balaban J connectivity index is 2.21. The normalized spacial score (nSPS) is 10.2. The predicted octanol–water partition coefficient (Wildman–Crippen LogP) is 0.728. The van der Waals surface area contributed by atoms with Crippen molar-refractivity contribution in [3.8, 4) is 0 Å². The fourth-order valence-corrected chi connectivity index (χ4v) is 1.59. The van der Waals surface area contributed by atoms with Crippen molar-refractivity contribution in [2.24, 2.45) is 5.73 Å². The minimum Gasteiger partial charge on any atom is -0.477 e. The summed E-state index contributed by atoms with van der Waals surface area (Å²) in [5.41, 5.74) is 6.50. The number of hydrogen-bond acceptors (Lipinski definition) is 3. The van der Waals surface area contributed by atoms with Crippen molar-refractivity contribution in [1.29, 1.82) is 0 Å². The van der Waals surface area contributed by atoms with Crippen LogP contribution in [0.1, 0.15) is 26.4 Å². The molecule has 2 rings (SSSR count). The van der Waals surface area contributed by atoms with Crippen LogP contribution >= 0.6 is 0 Å². The first kappa shape index (κ1) is 11.8. The highest BCUT2D eigenvalue weighted by molar-refractivity contribution is 5.92. The van der Waals surface area contributed by atoms with Crippen LogP contribution < -0.4 is 5.73 Å². The van der Waals surface area contributed by atoms with Gasteiger partial charge < -0.3 is 10.8 Å². The van der Waals surface area contributed by atoms with E-state index in [4.69, 9.17) is 10.8 Å². The fourth-order valence-electron chi connectivity index (χ4n) is 1.59. The van der Waals surface area contributed by atoms with E-state index in [1.165, 1.54) is 16.9 Å². The van der Waals surface area contributed by atoms with Crippen LogP contribution in [0.5, 0.6) is 0 Å². The third-order valence-electron chi connectivity index (χ3n) is 2.51. The summed E-state index contributed by atoms with van der Waals surface area (Å²) >= 11 is 0. The van der Waals surface area contributed by atoms with E-state index in [1.54, 1.807) is 24.3 Å². The maximum Gasteiger partial charge on any atom is 0.354 e. The zero-order valence-electron chi connectivity index (χ0n) is 9.41. The molecule has 0 aliphatic heterocycles. The summed E-state index contributed by atoms with van der Waals surface area (Å²) in [7, 11) is 0. The Labute approximate surface area is 103 Å². The number of nitrogens with zero attached hydrogens (tertiary/aromatic N) is 2. The Morgan fingerprint density at radius 3 is 2.44 bits per heavy atom. The van der Waals surface area contributed by atoms with Gasteiger partial charge in [0.2, 0.25) is 5.91 Å². The second kappa shape index (κ2) is 4.70. The number of primary amides is 1. The van der Waals surface area contributed by atoms with E-state index in [9.17, 15) is 9.59 Å². The van der Waals surface area contributed by atoms with E-state index < -0.39 is 11.9 Å². The molecule has 92 valence electrons. The summed E-state index contributed by atoms with van der Waals surface area (Å²) in [5.74, 6) is -1.52. The largest absolute Gasteiger partial charge is 0.477 e. The zero-order chi connectivity index (χ0) is 13.1. The molecule has 1 aromatic heterocycles. The molecule has 6 heteroatoms. The average molecular weight is 245 g/mol. The SMILES string of the molecule is NC(=O)c1ccc(Cn2nccc2C(=O)O)cc1. The molecule has 1 heterocycles. The van der Waals surface area contributed by atoms with Gasteiger partial charge in [0.1, 0.15) is 5.69 Å². The molecule has 0 fully saturated rings. The molecule has 0 atom stereocenters. The minimum atomic E-state index is -1.03. The first-order chi connectivity index (χ1) is 8.58. The lowest BCUT2D eigenvalue weighted by atomic mass is 10.1. The van der Waals surface area contributed by atoms with E-state index in [-0.39, 0.29) is 5.69 Å². The van der Waals surface area contributed by atoms with Crippen molar-refractivity contribution < 1.29 is 14.7 Å². The Kier molecular flexibility index (Phi) is 3.09. The van der Waals surface area contributed by atoms with Crippen molar-refractivity contribution in [3.63, 3.8) is 0 Å². The molecule has 0 aliphatic rings. The van der Waals surface area contributed by atoms with Gasteiger partial charge in [-0.3, -0.25) is 9.48 Å². The molecule has 0 aliphatic carbocycles. The number of benzene rings is 1. The molecule has 0 saturated heterocycles. The Hall–Kier alpha value is -2.63. The summed E-state index contributed by atoms with van der Waals surface area (Å²) in [6, 6.07) is 8.06. The molecule has 0 unspecified atom stereocenters. The van der Waals surface area contributed by atoms with Crippen molar-refractivity contribution >= 4 is 11.9 Å². The number of hydrogen-bond donors (Lipinski definition) is 2. The molecule has 6 nitrogen and oxygen atoms in total. The van der Waals surface area contributed by atoms with Gasteiger partial charge in [-0.2, -0.15) is 5.10 Å². The van der Waals surface area contributed by atoms with Crippen LogP contribution in [0, 0.1) is 0 Å². The molecule has 1 aromatic carbocycles. The first-order valence-electron chi connectivity index (χ1n) is 5.22. The number of carbonyl (C=O) groups is 2. The lowest BCUT2D eigenvalue weighted by molar-refractivity contribution is 0.0683. The highest BCUT2D eigenvalue weighted by Gasteiger charge is 2.10. The maximum atomic E-state index is 10.9. The lowest BCUT2D eigenvalue weighted by Gasteiger charge is -2.05. The third-order valence-corrected chi connectivity index (χ3v) is 2.51. The molecule has 0 spiro atoms. The molecular weight excluding hydrogens is 234 g/mol. The number of amides is 1. The average Bonchev–Trinajstić information content (AvgIpc) is 2.78. The molecule has 0 saturated carbocycles. The van der Waals surface area contributed by atoms with E-state index in [1.807, 2.05) is 0 Å². The number of carboxylic acid groups (broad SMARTS) is 1. The maximum absolute atomic E-state index is 10.9. The summed E-state index contributed by atoms with van der Waals surface area (Å²) in [4.78, 5) is 21.8. The van der Waals surface area contributed by atoms with E-state index >= 15 is 0 Å². The van der Waals surface area contributed by atoms with Gasteiger partial charge in [-0.25, -0.2) is 4.79 Å². The molecule has 18 heavy (non-hydrogen) atoms. The lowest BCUT2D eigenvalue weighted by Crippen LogP contribution is -2.12. The van der Waals surface area contributed by atoms with Crippen LogP contribution in [0.3, 0.4) is 0 Å². The van der Waals surface area contributed by atoms with Crippen LogP contribution in [0.25, 0.3) is 0 Å². The number of carbonyl (C=O) groups excluding carboxylic acids is 1. The smallest absolute Gasteiger partial charge is 0.354 e. The quantitative estimate of drug-likeness (QED) is 0.829. The molecule has 0 radical (unpaired) electrons. The van der Waals surface area contributed by atoms with Gasteiger partial charge >= 0.3 is 5.97 Å². The molecule has 2 aromatic rings. The van der Waals surface area contributed by atoms with Crippen LogP contribution in [0.2, 0.25) is 0 Å². The second-order valence-corrected chi connectivity index (χ2v) is 3.74. The number of carboxylic acids is 1. The first-order valence-corrected chi connectivity index (χ1v) is 5.22. The summed E-state index contributed by atoms with van der Waals surface area (Å²) in [5, 5.41) is 12.9. The number of rotatable bonds is 4.